The first-order valence-corrected chi connectivity index (χ1v) is 9.86. The molecular weight excluding hydrogens is 354 g/mol. The number of carbonyl (C=O) groups is 1. The summed E-state index contributed by atoms with van der Waals surface area (Å²) in [5.74, 6) is 5.71. The Morgan fingerprint density at radius 2 is 2.00 bits per heavy atom. The number of rotatable bonds is 4. The van der Waals surface area contributed by atoms with Crippen molar-refractivity contribution in [2.45, 2.75) is 56.1 Å². The zero-order chi connectivity index (χ0) is 19.9. The van der Waals surface area contributed by atoms with Crippen LogP contribution < -0.4 is 5.32 Å². The van der Waals surface area contributed by atoms with E-state index in [4.69, 9.17) is 4.74 Å². The summed E-state index contributed by atoms with van der Waals surface area (Å²) in [5.41, 5.74) is 1.80. The van der Waals surface area contributed by atoms with E-state index in [1.54, 1.807) is 7.11 Å². The Morgan fingerprint density at radius 1 is 1.29 bits per heavy atom. The van der Waals surface area contributed by atoms with E-state index in [-0.39, 0.29) is 24.6 Å². The van der Waals surface area contributed by atoms with Crippen LogP contribution in [0.5, 0.6) is 0 Å². The highest BCUT2D eigenvalue weighted by Gasteiger charge is 2.51. The molecular formula is C22H27N3O3. The van der Waals surface area contributed by atoms with Gasteiger partial charge in [0.15, 0.2) is 0 Å². The number of hydrogen-bond donors (Lipinski definition) is 2. The highest BCUT2D eigenvalue weighted by Crippen LogP contribution is 2.40. The molecule has 1 heterocycles. The highest BCUT2D eigenvalue weighted by molar-refractivity contribution is 5.77. The maximum absolute atomic E-state index is 12.7. The fraction of sp³-hybridized carbons (Fsp3) is 0.545. The third-order valence-corrected chi connectivity index (χ3v) is 5.64. The molecule has 1 aromatic rings. The largest absolute Gasteiger partial charge is 0.394 e. The van der Waals surface area contributed by atoms with Gasteiger partial charge in [0, 0.05) is 24.6 Å². The van der Waals surface area contributed by atoms with Crippen LogP contribution in [0.2, 0.25) is 0 Å². The van der Waals surface area contributed by atoms with Gasteiger partial charge in [0.1, 0.15) is 12.6 Å². The Balaban J connectivity index is 1.69. The first-order chi connectivity index (χ1) is 13.7. The number of nitriles is 1. The summed E-state index contributed by atoms with van der Waals surface area (Å²) < 4.78 is 4.92. The van der Waals surface area contributed by atoms with Crippen LogP contribution in [0, 0.1) is 23.2 Å². The number of benzene rings is 1. The van der Waals surface area contributed by atoms with Gasteiger partial charge in [-0.3, -0.25) is 0 Å². The van der Waals surface area contributed by atoms with Crippen LogP contribution >= 0.6 is 0 Å². The molecule has 0 spiro atoms. The van der Waals surface area contributed by atoms with Crippen LogP contribution in [0.3, 0.4) is 0 Å². The average molecular weight is 381 g/mol. The van der Waals surface area contributed by atoms with Crippen molar-refractivity contribution in [3.8, 4) is 17.9 Å². The van der Waals surface area contributed by atoms with E-state index in [1.807, 2.05) is 24.3 Å². The molecule has 1 aromatic carbocycles. The van der Waals surface area contributed by atoms with Crippen molar-refractivity contribution in [1.29, 1.82) is 5.26 Å². The molecule has 0 radical (unpaired) electrons. The second-order valence-corrected chi connectivity index (χ2v) is 7.40. The van der Waals surface area contributed by atoms with E-state index in [0.717, 1.165) is 36.8 Å². The first-order valence-electron chi connectivity index (χ1n) is 9.86. The Hall–Kier alpha value is -2.54. The number of aliphatic hydroxyl groups excluding tert-OH is 1. The summed E-state index contributed by atoms with van der Waals surface area (Å²) in [6, 6.07) is 8.84. The molecule has 2 N–H and O–H groups in total. The van der Waals surface area contributed by atoms with Crippen molar-refractivity contribution < 1.29 is 14.6 Å². The fourth-order valence-corrected chi connectivity index (χ4v) is 4.18. The van der Waals surface area contributed by atoms with E-state index in [2.05, 4.69) is 23.2 Å². The van der Waals surface area contributed by atoms with Crippen molar-refractivity contribution in [3.63, 3.8) is 0 Å². The Morgan fingerprint density at radius 3 is 2.61 bits per heavy atom. The number of ether oxygens (including phenoxy) is 1. The maximum atomic E-state index is 12.7. The van der Waals surface area contributed by atoms with Gasteiger partial charge in [0.25, 0.3) is 0 Å². The van der Waals surface area contributed by atoms with Crippen LogP contribution in [0.25, 0.3) is 0 Å². The summed E-state index contributed by atoms with van der Waals surface area (Å²) in [5, 5.41) is 22.6. The van der Waals surface area contributed by atoms with Crippen molar-refractivity contribution in [2.24, 2.45) is 0 Å². The fourth-order valence-electron chi connectivity index (χ4n) is 4.18. The minimum absolute atomic E-state index is 0.170. The Kier molecular flexibility index (Phi) is 6.92. The Labute approximate surface area is 166 Å². The summed E-state index contributed by atoms with van der Waals surface area (Å²) in [7, 11) is 1.60. The number of amides is 2. The predicted molar refractivity (Wildman–Crippen MR) is 105 cm³/mol. The molecule has 3 atom stereocenters. The van der Waals surface area contributed by atoms with Gasteiger partial charge in [-0.05, 0) is 30.5 Å². The monoisotopic (exact) mass is 381 g/mol. The van der Waals surface area contributed by atoms with Crippen LogP contribution in [0.1, 0.15) is 49.1 Å². The van der Waals surface area contributed by atoms with E-state index in [0.29, 0.717) is 6.61 Å². The summed E-state index contributed by atoms with van der Waals surface area (Å²) in [4.78, 5) is 14.2. The maximum Gasteiger partial charge on any atom is 0.319 e. The van der Waals surface area contributed by atoms with Gasteiger partial charge in [-0.2, -0.15) is 5.26 Å². The molecule has 28 heavy (non-hydrogen) atoms. The second kappa shape index (κ2) is 9.59. The lowest BCUT2D eigenvalue weighted by molar-refractivity contribution is 0.0153. The smallest absolute Gasteiger partial charge is 0.319 e. The van der Waals surface area contributed by atoms with Gasteiger partial charge in [-0.15, -0.1) is 0 Å². The normalized spacial score (nSPS) is 24.5. The third-order valence-electron chi connectivity index (χ3n) is 5.64. The third kappa shape index (κ3) is 4.30. The van der Waals surface area contributed by atoms with E-state index in [9.17, 15) is 15.2 Å². The van der Waals surface area contributed by atoms with Crippen LogP contribution in [-0.4, -0.2) is 54.5 Å². The number of methoxy groups -OCH3 is 1. The molecule has 148 valence electrons. The molecule has 6 nitrogen and oxygen atoms in total. The molecule has 2 aliphatic rings. The molecule has 1 aliphatic heterocycles. The molecule has 2 fully saturated rings. The van der Waals surface area contributed by atoms with Gasteiger partial charge in [0.2, 0.25) is 0 Å². The lowest BCUT2D eigenvalue weighted by atomic mass is 9.76. The van der Waals surface area contributed by atoms with Gasteiger partial charge in [-0.1, -0.05) is 43.2 Å². The lowest BCUT2D eigenvalue weighted by Crippen LogP contribution is -2.67. The predicted octanol–water partition coefficient (Wildman–Crippen LogP) is 2.38. The van der Waals surface area contributed by atoms with E-state index in [1.165, 1.54) is 11.3 Å². The summed E-state index contributed by atoms with van der Waals surface area (Å²) in [6.07, 6.45) is 5.42. The molecule has 2 amide bonds. The number of urea groups is 1. The number of nitrogens with zero attached hydrogens (tertiary/aromatic N) is 2. The number of hydrogen-bond acceptors (Lipinski definition) is 4. The Bertz CT molecular complexity index is 769. The summed E-state index contributed by atoms with van der Waals surface area (Å²) >= 11 is 0. The van der Waals surface area contributed by atoms with Crippen molar-refractivity contribution in [2.75, 3.05) is 20.3 Å². The van der Waals surface area contributed by atoms with Crippen LogP contribution in [-0.2, 0) is 4.74 Å². The number of carbonyl (C=O) groups excluding carboxylic acids is 1. The number of nitrogens with one attached hydrogen (secondary N) is 1. The van der Waals surface area contributed by atoms with Crippen molar-refractivity contribution in [1.82, 2.24) is 10.2 Å². The average Bonchev–Trinajstić information content (AvgIpc) is 2.70. The highest BCUT2D eigenvalue weighted by atomic mass is 16.5. The van der Waals surface area contributed by atoms with Gasteiger partial charge in [-0.25, -0.2) is 4.79 Å². The zero-order valence-corrected chi connectivity index (χ0v) is 16.2. The first kappa shape index (κ1) is 20.2. The standard InChI is InChI=1S/C22H27N3O3/c1-28-13-5-6-16-9-11-17(12-10-16)21-19(14-23)25(20(21)15-26)22(27)24-18-7-3-2-4-8-18/h9-12,18-21,26H,2-4,7-8,13,15H2,1H3,(H,24,27)/t19-,20-,21-/m1/s1. The van der Waals surface area contributed by atoms with Crippen LogP contribution in [0.15, 0.2) is 24.3 Å². The molecule has 0 unspecified atom stereocenters. The SMILES string of the molecule is COCC#Cc1ccc([C@@H]2[C@@H](C#N)N(C(=O)NC3CCCCC3)[C@@H]2CO)cc1. The van der Waals surface area contributed by atoms with Gasteiger partial charge in [0.05, 0.1) is 18.7 Å². The van der Waals surface area contributed by atoms with Crippen molar-refractivity contribution >= 4 is 6.03 Å². The topological polar surface area (TPSA) is 85.6 Å². The zero-order valence-electron chi connectivity index (χ0n) is 16.2. The quantitative estimate of drug-likeness (QED) is 0.784. The van der Waals surface area contributed by atoms with Gasteiger partial charge >= 0.3 is 6.03 Å². The molecule has 0 aromatic heterocycles. The molecule has 1 saturated heterocycles. The minimum Gasteiger partial charge on any atom is -0.394 e. The number of aliphatic hydroxyl groups is 1. The summed E-state index contributed by atoms with van der Waals surface area (Å²) in [6.45, 7) is 0.203. The van der Waals surface area contributed by atoms with Crippen molar-refractivity contribution in [3.05, 3.63) is 35.4 Å². The molecule has 1 aliphatic carbocycles. The lowest BCUT2D eigenvalue weighted by Gasteiger charge is -2.51. The second-order valence-electron chi connectivity index (χ2n) is 7.40. The van der Waals surface area contributed by atoms with E-state index < -0.39 is 12.1 Å². The number of likely N-dealkylation sites (tertiary alicyclic amines) is 1. The van der Waals surface area contributed by atoms with E-state index >= 15 is 0 Å². The molecule has 1 saturated carbocycles. The van der Waals surface area contributed by atoms with Crippen LogP contribution in [0.4, 0.5) is 4.79 Å². The molecule has 6 heteroatoms. The molecule has 3 rings (SSSR count). The van der Waals surface area contributed by atoms with Gasteiger partial charge < -0.3 is 20.1 Å². The minimum atomic E-state index is -0.578. The molecule has 0 bridgehead atoms.